The average molecular weight is 483 g/mol. The van der Waals surface area contributed by atoms with E-state index in [4.69, 9.17) is 0 Å². The number of nitrogens with zero attached hydrogens (tertiary/aromatic N) is 1. The molecule has 186 valence electrons. The van der Waals surface area contributed by atoms with Crippen LogP contribution in [0.4, 0.5) is 11.4 Å². The number of carbonyl (C=O) groups is 2. The van der Waals surface area contributed by atoms with Gasteiger partial charge in [0.25, 0.3) is 11.8 Å². The zero-order chi connectivity index (χ0) is 25.5. The van der Waals surface area contributed by atoms with Gasteiger partial charge in [0.15, 0.2) is 0 Å². The second kappa shape index (κ2) is 11.7. The third kappa shape index (κ3) is 5.66. The third-order valence-electron chi connectivity index (χ3n) is 6.37. The molecule has 0 bridgehead atoms. The second-order valence-corrected chi connectivity index (χ2v) is 8.87. The van der Waals surface area contributed by atoms with E-state index in [0.717, 1.165) is 48.6 Å². The summed E-state index contributed by atoms with van der Waals surface area (Å²) < 4.78 is 0. The highest BCUT2D eigenvalue weighted by Crippen LogP contribution is 2.38. The Morgan fingerprint density at radius 3 is 2.39 bits per heavy atom. The van der Waals surface area contributed by atoms with Crippen LogP contribution in [0.15, 0.2) is 72.8 Å². The van der Waals surface area contributed by atoms with Crippen molar-refractivity contribution in [2.24, 2.45) is 0 Å². The SMILES string of the molecule is CCCNC(=O)c1ccc2c(c1)NC(=O)/C2=C(\Nc1cccc(CN(CC)CC)c1)c1ccccc1. The summed E-state index contributed by atoms with van der Waals surface area (Å²) >= 11 is 0. The summed E-state index contributed by atoms with van der Waals surface area (Å²) in [5.74, 6) is -0.334. The Balaban J connectivity index is 1.74. The summed E-state index contributed by atoms with van der Waals surface area (Å²) in [5, 5.41) is 9.40. The minimum absolute atomic E-state index is 0.141. The van der Waals surface area contributed by atoms with Crippen LogP contribution in [0.1, 0.15) is 54.2 Å². The van der Waals surface area contributed by atoms with Crippen LogP contribution in [0.3, 0.4) is 0 Å². The highest BCUT2D eigenvalue weighted by molar-refractivity contribution is 6.37. The number of anilines is 2. The molecule has 2 amide bonds. The number of benzene rings is 3. The van der Waals surface area contributed by atoms with Crippen molar-refractivity contribution in [1.29, 1.82) is 0 Å². The number of hydrogen-bond donors (Lipinski definition) is 3. The Labute approximate surface area is 213 Å². The predicted molar refractivity (Wildman–Crippen MR) is 148 cm³/mol. The van der Waals surface area contributed by atoms with E-state index in [-0.39, 0.29) is 11.8 Å². The molecule has 1 heterocycles. The molecule has 0 spiro atoms. The molecule has 36 heavy (non-hydrogen) atoms. The van der Waals surface area contributed by atoms with E-state index in [1.165, 1.54) is 5.56 Å². The van der Waals surface area contributed by atoms with Crippen LogP contribution in [0.25, 0.3) is 11.3 Å². The van der Waals surface area contributed by atoms with Crippen LogP contribution >= 0.6 is 0 Å². The lowest BCUT2D eigenvalue weighted by Crippen LogP contribution is -2.23. The van der Waals surface area contributed by atoms with Crippen LogP contribution in [0, 0.1) is 0 Å². The normalized spacial score (nSPS) is 13.8. The highest BCUT2D eigenvalue weighted by atomic mass is 16.2. The molecular weight excluding hydrogens is 448 g/mol. The van der Waals surface area contributed by atoms with Crippen molar-refractivity contribution in [3.8, 4) is 0 Å². The maximum atomic E-state index is 13.3. The van der Waals surface area contributed by atoms with Gasteiger partial charge in [0.05, 0.1) is 11.3 Å². The van der Waals surface area contributed by atoms with Gasteiger partial charge in [0.1, 0.15) is 0 Å². The molecule has 0 radical (unpaired) electrons. The van der Waals surface area contributed by atoms with Crippen molar-refractivity contribution in [3.63, 3.8) is 0 Å². The van der Waals surface area contributed by atoms with E-state index in [2.05, 4.69) is 46.8 Å². The van der Waals surface area contributed by atoms with Crippen LogP contribution < -0.4 is 16.0 Å². The maximum Gasteiger partial charge on any atom is 0.258 e. The fourth-order valence-corrected chi connectivity index (χ4v) is 4.38. The van der Waals surface area contributed by atoms with Gasteiger partial charge in [-0.3, -0.25) is 14.5 Å². The molecule has 4 rings (SSSR count). The standard InChI is InChI=1S/C30H34N4O2/c1-4-17-31-29(35)23-15-16-25-26(19-23)33-30(36)27(25)28(22-12-8-7-9-13-22)32-24-14-10-11-21(18-24)20-34(5-2)6-3/h7-16,18-19,32H,4-6,17,20H2,1-3H3,(H,31,35)(H,33,36)/b28-27-. The first-order valence-electron chi connectivity index (χ1n) is 12.7. The van der Waals surface area contributed by atoms with E-state index in [0.29, 0.717) is 23.4 Å². The first kappa shape index (κ1) is 25.2. The predicted octanol–water partition coefficient (Wildman–Crippen LogP) is 5.60. The molecule has 3 N–H and O–H groups in total. The smallest absolute Gasteiger partial charge is 0.258 e. The van der Waals surface area contributed by atoms with Crippen molar-refractivity contribution >= 4 is 34.5 Å². The summed E-state index contributed by atoms with van der Waals surface area (Å²) in [6.45, 7) is 9.80. The van der Waals surface area contributed by atoms with E-state index < -0.39 is 0 Å². The third-order valence-corrected chi connectivity index (χ3v) is 6.37. The largest absolute Gasteiger partial charge is 0.354 e. The molecule has 0 fully saturated rings. The number of amides is 2. The minimum Gasteiger partial charge on any atom is -0.354 e. The van der Waals surface area contributed by atoms with Gasteiger partial charge in [0.2, 0.25) is 0 Å². The molecule has 6 nitrogen and oxygen atoms in total. The van der Waals surface area contributed by atoms with Crippen molar-refractivity contribution in [1.82, 2.24) is 10.2 Å². The summed E-state index contributed by atoms with van der Waals surface area (Å²) in [7, 11) is 0. The fourth-order valence-electron chi connectivity index (χ4n) is 4.38. The zero-order valence-electron chi connectivity index (χ0n) is 21.2. The van der Waals surface area contributed by atoms with E-state index in [9.17, 15) is 9.59 Å². The molecule has 0 aliphatic carbocycles. The maximum absolute atomic E-state index is 13.3. The molecule has 0 atom stereocenters. The Hall–Kier alpha value is -3.90. The van der Waals surface area contributed by atoms with Gasteiger partial charge in [0, 0.05) is 35.6 Å². The van der Waals surface area contributed by atoms with E-state index in [1.54, 1.807) is 12.1 Å². The Morgan fingerprint density at radius 2 is 1.67 bits per heavy atom. The lowest BCUT2D eigenvalue weighted by Gasteiger charge is -2.19. The Morgan fingerprint density at radius 1 is 0.889 bits per heavy atom. The van der Waals surface area contributed by atoms with Gasteiger partial charge in [-0.05, 0) is 54.9 Å². The summed E-state index contributed by atoms with van der Waals surface area (Å²) in [6, 6.07) is 23.6. The molecule has 0 saturated heterocycles. The first-order chi connectivity index (χ1) is 17.5. The van der Waals surface area contributed by atoms with Gasteiger partial charge in [-0.1, -0.05) is 69.3 Å². The van der Waals surface area contributed by atoms with Crippen molar-refractivity contribution in [3.05, 3.63) is 95.1 Å². The van der Waals surface area contributed by atoms with Gasteiger partial charge in [-0.15, -0.1) is 0 Å². The summed E-state index contributed by atoms with van der Waals surface area (Å²) in [4.78, 5) is 28.1. The minimum atomic E-state index is -0.193. The molecule has 6 heteroatoms. The Bertz CT molecular complexity index is 1260. The fraction of sp³-hybridized carbons (Fsp3) is 0.267. The number of hydrogen-bond acceptors (Lipinski definition) is 4. The first-order valence-corrected chi connectivity index (χ1v) is 12.7. The quantitative estimate of drug-likeness (QED) is 0.329. The van der Waals surface area contributed by atoms with Crippen LogP contribution in [-0.2, 0) is 11.3 Å². The highest BCUT2D eigenvalue weighted by Gasteiger charge is 2.29. The molecule has 3 aromatic rings. The molecule has 0 unspecified atom stereocenters. The van der Waals surface area contributed by atoms with Gasteiger partial charge in [-0.2, -0.15) is 0 Å². The topological polar surface area (TPSA) is 73.5 Å². The monoisotopic (exact) mass is 482 g/mol. The van der Waals surface area contributed by atoms with Crippen molar-refractivity contribution in [2.75, 3.05) is 30.3 Å². The van der Waals surface area contributed by atoms with Gasteiger partial charge < -0.3 is 16.0 Å². The van der Waals surface area contributed by atoms with Gasteiger partial charge >= 0.3 is 0 Å². The average Bonchev–Trinajstić information content (AvgIpc) is 3.24. The molecule has 1 aliphatic rings. The van der Waals surface area contributed by atoms with Gasteiger partial charge in [-0.25, -0.2) is 0 Å². The van der Waals surface area contributed by atoms with Crippen LogP contribution in [0.2, 0.25) is 0 Å². The lowest BCUT2D eigenvalue weighted by atomic mass is 9.98. The summed E-state index contributed by atoms with van der Waals surface area (Å²) in [6.07, 6.45) is 0.864. The zero-order valence-corrected chi connectivity index (χ0v) is 21.2. The molecule has 3 aromatic carbocycles. The van der Waals surface area contributed by atoms with E-state index in [1.807, 2.05) is 55.5 Å². The summed E-state index contributed by atoms with van der Waals surface area (Å²) in [5.41, 5.74) is 6.28. The van der Waals surface area contributed by atoms with E-state index >= 15 is 0 Å². The molecule has 0 aromatic heterocycles. The lowest BCUT2D eigenvalue weighted by molar-refractivity contribution is -0.110. The second-order valence-electron chi connectivity index (χ2n) is 8.87. The van der Waals surface area contributed by atoms with Crippen LogP contribution in [0.5, 0.6) is 0 Å². The number of rotatable bonds is 10. The number of nitrogens with one attached hydrogen (secondary N) is 3. The van der Waals surface area contributed by atoms with Crippen molar-refractivity contribution < 1.29 is 9.59 Å². The molecule has 1 aliphatic heterocycles. The van der Waals surface area contributed by atoms with Crippen molar-refractivity contribution in [2.45, 2.75) is 33.7 Å². The molecular formula is C30H34N4O2. The Kier molecular flexibility index (Phi) is 8.18. The molecule has 0 saturated carbocycles. The number of fused-ring (bicyclic) bond motifs is 1. The van der Waals surface area contributed by atoms with Crippen LogP contribution in [-0.4, -0.2) is 36.3 Å². The number of carbonyl (C=O) groups excluding carboxylic acids is 2.